The molecular weight excluding hydrogens is 337 g/mol. The van der Waals surface area contributed by atoms with Crippen molar-refractivity contribution in [3.8, 4) is 5.75 Å². The van der Waals surface area contributed by atoms with Crippen LogP contribution in [0.25, 0.3) is 0 Å². The Hall–Kier alpha value is -2.04. The number of benzene rings is 2. The Morgan fingerprint density at radius 3 is 2.65 bits per heavy atom. The minimum absolute atomic E-state index is 0.00912. The molecule has 2 aromatic rings. The third-order valence-corrected chi connectivity index (χ3v) is 4.31. The molecule has 0 aromatic heterocycles. The summed E-state index contributed by atoms with van der Waals surface area (Å²) in [5.74, 6) is 0.312. The highest BCUT2D eigenvalue weighted by molar-refractivity contribution is 6.37. The second-order valence-electron chi connectivity index (χ2n) is 5.14. The average Bonchev–Trinajstić information content (AvgIpc) is 2.54. The lowest BCUT2D eigenvalue weighted by atomic mass is 9.99. The Labute approximate surface area is 143 Å². The molecule has 118 valence electrons. The van der Waals surface area contributed by atoms with Gasteiger partial charge in [-0.15, -0.1) is 0 Å². The second kappa shape index (κ2) is 6.22. The van der Waals surface area contributed by atoms with E-state index in [9.17, 15) is 9.59 Å². The van der Waals surface area contributed by atoms with Gasteiger partial charge in [-0.05, 0) is 36.4 Å². The van der Waals surface area contributed by atoms with E-state index in [2.05, 4.69) is 0 Å². The zero-order valence-corrected chi connectivity index (χ0v) is 13.8. The number of anilines is 1. The van der Waals surface area contributed by atoms with Crippen molar-refractivity contribution in [1.29, 1.82) is 0 Å². The summed E-state index contributed by atoms with van der Waals surface area (Å²) in [5.41, 5.74) is 1.40. The number of rotatable bonds is 2. The number of fused-ring (bicyclic) bond motifs is 1. The Morgan fingerprint density at radius 2 is 1.96 bits per heavy atom. The second-order valence-corrected chi connectivity index (χ2v) is 5.98. The SMILES string of the molecule is COc1ccc2c(c1)C(=O)CCN2C(=O)c1ccc(Cl)cc1Cl. The van der Waals surface area contributed by atoms with Gasteiger partial charge in [-0.3, -0.25) is 9.59 Å². The number of amides is 1. The van der Waals surface area contributed by atoms with E-state index in [-0.39, 0.29) is 23.1 Å². The first-order valence-corrected chi connectivity index (χ1v) is 7.75. The van der Waals surface area contributed by atoms with Crippen molar-refractivity contribution in [2.45, 2.75) is 6.42 Å². The molecule has 6 heteroatoms. The highest BCUT2D eigenvalue weighted by Gasteiger charge is 2.29. The molecule has 0 saturated carbocycles. The van der Waals surface area contributed by atoms with Crippen LogP contribution in [0.1, 0.15) is 27.1 Å². The number of hydrogen-bond donors (Lipinski definition) is 0. The van der Waals surface area contributed by atoms with Gasteiger partial charge in [0.05, 0.1) is 23.4 Å². The molecule has 0 radical (unpaired) electrons. The van der Waals surface area contributed by atoms with Gasteiger partial charge in [-0.25, -0.2) is 0 Å². The molecule has 0 fully saturated rings. The van der Waals surface area contributed by atoms with E-state index in [1.807, 2.05) is 0 Å². The van der Waals surface area contributed by atoms with Gasteiger partial charge < -0.3 is 9.64 Å². The van der Waals surface area contributed by atoms with Gasteiger partial charge in [0.2, 0.25) is 0 Å². The summed E-state index contributed by atoms with van der Waals surface area (Å²) in [4.78, 5) is 26.5. The lowest BCUT2D eigenvalue weighted by Gasteiger charge is -2.29. The number of halogens is 2. The highest BCUT2D eigenvalue weighted by atomic mass is 35.5. The van der Waals surface area contributed by atoms with Gasteiger partial charge >= 0.3 is 0 Å². The molecule has 3 rings (SSSR count). The van der Waals surface area contributed by atoms with Crippen LogP contribution >= 0.6 is 23.2 Å². The molecule has 4 nitrogen and oxygen atoms in total. The first kappa shape index (κ1) is 15.8. The van der Waals surface area contributed by atoms with E-state index >= 15 is 0 Å². The van der Waals surface area contributed by atoms with E-state index < -0.39 is 0 Å². The number of ketones is 1. The summed E-state index contributed by atoms with van der Waals surface area (Å²) in [6.07, 6.45) is 0.261. The number of ether oxygens (including phenoxy) is 1. The lowest BCUT2D eigenvalue weighted by Crippen LogP contribution is -2.37. The van der Waals surface area contributed by atoms with Crippen LogP contribution < -0.4 is 9.64 Å². The molecule has 2 aromatic carbocycles. The molecule has 1 amide bonds. The standard InChI is InChI=1S/C17H13Cl2NO3/c1-23-11-3-5-15-13(9-11)16(21)6-7-20(15)17(22)12-4-2-10(18)8-14(12)19/h2-5,8-9H,6-7H2,1H3. The van der Waals surface area contributed by atoms with E-state index in [1.165, 1.54) is 13.2 Å². The molecule has 0 N–H and O–H groups in total. The zero-order valence-electron chi connectivity index (χ0n) is 12.3. The van der Waals surface area contributed by atoms with Crippen LogP contribution in [0, 0.1) is 0 Å². The summed E-state index contributed by atoms with van der Waals surface area (Å²) >= 11 is 12.0. The maximum absolute atomic E-state index is 12.8. The summed E-state index contributed by atoms with van der Waals surface area (Å²) < 4.78 is 5.15. The average molecular weight is 350 g/mol. The quantitative estimate of drug-likeness (QED) is 0.814. The van der Waals surface area contributed by atoms with Crippen molar-refractivity contribution < 1.29 is 14.3 Å². The van der Waals surface area contributed by atoms with Crippen LogP contribution in [-0.2, 0) is 0 Å². The molecular formula is C17H13Cl2NO3. The summed E-state index contributed by atoms with van der Waals surface area (Å²) in [5, 5.41) is 0.750. The maximum Gasteiger partial charge on any atom is 0.259 e. The van der Waals surface area contributed by atoms with Crippen LogP contribution in [0.15, 0.2) is 36.4 Å². The minimum Gasteiger partial charge on any atom is -0.497 e. The van der Waals surface area contributed by atoms with E-state index in [4.69, 9.17) is 27.9 Å². The van der Waals surface area contributed by atoms with Crippen molar-refractivity contribution in [3.05, 3.63) is 57.6 Å². The number of methoxy groups -OCH3 is 1. The number of Topliss-reactive ketones (excluding diaryl/α,β-unsaturated/α-hetero) is 1. The van der Waals surface area contributed by atoms with Crippen LogP contribution in [0.2, 0.25) is 10.0 Å². The molecule has 0 aliphatic carbocycles. The van der Waals surface area contributed by atoms with Crippen molar-refractivity contribution in [2.75, 3.05) is 18.6 Å². The molecule has 0 unspecified atom stereocenters. The molecule has 23 heavy (non-hydrogen) atoms. The largest absolute Gasteiger partial charge is 0.497 e. The van der Waals surface area contributed by atoms with Crippen LogP contribution in [0.5, 0.6) is 5.75 Å². The van der Waals surface area contributed by atoms with Gasteiger partial charge in [0.25, 0.3) is 5.91 Å². The number of hydrogen-bond acceptors (Lipinski definition) is 3. The monoisotopic (exact) mass is 349 g/mol. The third-order valence-electron chi connectivity index (χ3n) is 3.76. The zero-order chi connectivity index (χ0) is 16.6. The van der Waals surface area contributed by atoms with Crippen molar-refractivity contribution in [3.63, 3.8) is 0 Å². The molecule has 0 spiro atoms. The molecule has 1 aliphatic heterocycles. The number of nitrogens with zero attached hydrogens (tertiary/aromatic N) is 1. The fourth-order valence-electron chi connectivity index (χ4n) is 2.59. The third kappa shape index (κ3) is 2.92. The van der Waals surface area contributed by atoms with E-state index in [1.54, 1.807) is 35.2 Å². The molecule has 0 saturated heterocycles. The van der Waals surface area contributed by atoms with Gasteiger partial charge in [0.1, 0.15) is 5.75 Å². The first-order chi connectivity index (χ1) is 11.0. The summed E-state index contributed by atoms with van der Waals surface area (Å²) in [6.45, 7) is 0.315. The van der Waals surface area contributed by atoms with Crippen molar-refractivity contribution in [2.24, 2.45) is 0 Å². The van der Waals surface area contributed by atoms with Crippen molar-refractivity contribution in [1.82, 2.24) is 0 Å². The smallest absolute Gasteiger partial charge is 0.259 e. The van der Waals surface area contributed by atoms with Gasteiger partial charge in [-0.2, -0.15) is 0 Å². The van der Waals surface area contributed by atoms with Gasteiger partial charge in [0, 0.05) is 23.6 Å². The fourth-order valence-corrected chi connectivity index (χ4v) is 3.08. The predicted octanol–water partition coefficient (Wildman–Crippen LogP) is 4.24. The van der Waals surface area contributed by atoms with Crippen LogP contribution in [-0.4, -0.2) is 25.3 Å². The van der Waals surface area contributed by atoms with Crippen LogP contribution in [0.4, 0.5) is 5.69 Å². The number of carbonyl (C=O) groups excluding carboxylic acids is 2. The Morgan fingerprint density at radius 1 is 1.17 bits per heavy atom. The number of carbonyl (C=O) groups is 2. The highest BCUT2D eigenvalue weighted by Crippen LogP contribution is 2.33. The summed E-state index contributed by atoms with van der Waals surface area (Å²) in [7, 11) is 1.53. The predicted molar refractivity (Wildman–Crippen MR) is 90.1 cm³/mol. The molecule has 0 bridgehead atoms. The van der Waals surface area contributed by atoms with E-state index in [0.29, 0.717) is 34.1 Å². The van der Waals surface area contributed by atoms with Crippen molar-refractivity contribution >= 4 is 40.6 Å². The Bertz CT molecular complexity index is 804. The molecule has 1 aliphatic rings. The van der Waals surface area contributed by atoms with Gasteiger partial charge in [-0.1, -0.05) is 23.2 Å². The van der Waals surface area contributed by atoms with Gasteiger partial charge in [0.15, 0.2) is 5.78 Å². The normalized spacial score (nSPS) is 13.7. The lowest BCUT2D eigenvalue weighted by molar-refractivity contribution is 0.0955. The Kier molecular flexibility index (Phi) is 4.28. The minimum atomic E-state index is -0.259. The molecule has 0 atom stereocenters. The first-order valence-electron chi connectivity index (χ1n) is 6.99. The molecule has 1 heterocycles. The Balaban J connectivity index is 2.03. The summed E-state index contributed by atoms with van der Waals surface area (Å²) in [6, 6.07) is 9.83. The topological polar surface area (TPSA) is 46.6 Å². The van der Waals surface area contributed by atoms with Crippen LogP contribution in [0.3, 0.4) is 0 Å². The maximum atomic E-state index is 12.8. The van der Waals surface area contributed by atoms with E-state index in [0.717, 1.165) is 0 Å². The fraction of sp³-hybridized carbons (Fsp3) is 0.176.